The van der Waals surface area contributed by atoms with Gasteiger partial charge in [-0.1, -0.05) is 158 Å². The van der Waals surface area contributed by atoms with Gasteiger partial charge in [-0.25, -0.2) is 15.0 Å². The lowest BCUT2D eigenvalue weighted by molar-refractivity contribution is 1.07. The Balaban J connectivity index is 1.31. The van der Waals surface area contributed by atoms with Crippen molar-refractivity contribution < 1.29 is 0 Å². The Morgan fingerprint density at radius 1 is 0.261 bits per heavy atom. The van der Waals surface area contributed by atoms with E-state index < -0.39 is 0 Å². The van der Waals surface area contributed by atoms with Gasteiger partial charge in [0.15, 0.2) is 17.5 Å². The molecule has 0 fully saturated rings. The fraction of sp³-hybridized carbons (Fsp3) is 0. The van der Waals surface area contributed by atoms with E-state index in [1.165, 1.54) is 27.5 Å². The van der Waals surface area contributed by atoms with E-state index in [4.69, 9.17) is 15.0 Å². The van der Waals surface area contributed by atoms with E-state index in [0.717, 1.165) is 33.4 Å². The van der Waals surface area contributed by atoms with E-state index in [0.29, 0.717) is 17.5 Å². The summed E-state index contributed by atoms with van der Waals surface area (Å²) in [5.41, 5.74) is 9.71. The Bertz CT molecular complexity index is 2300. The van der Waals surface area contributed by atoms with Gasteiger partial charge in [-0.15, -0.1) is 0 Å². The largest absolute Gasteiger partial charge is 0.208 e. The molecule has 0 bridgehead atoms. The van der Waals surface area contributed by atoms with Gasteiger partial charge < -0.3 is 0 Å². The van der Waals surface area contributed by atoms with E-state index in [1.54, 1.807) is 0 Å². The Morgan fingerprint density at radius 2 is 0.783 bits per heavy atom. The summed E-state index contributed by atoms with van der Waals surface area (Å²) in [5.74, 6) is 1.92. The van der Waals surface area contributed by atoms with Crippen molar-refractivity contribution in [3.05, 3.63) is 176 Å². The maximum atomic E-state index is 5.13. The van der Waals surface area contributed by atoms with Crippen LogP contribution in [0.4, 0.5) is 0 Å². The molecule has 1 aromatic heterocycles. The van der Waals surface area contributed by atoms with E-state index in [-0.39, 0.29) is 0 Å². The highest BCUT2D eigenvalue weighted by molar-refractivity contribution is 6.00. The highest BCUT2D eigenvalue weighted by Gasteiger charge is 2.16. The molecular weight excluding hydrogens is 558 g/mol. The third kappa shape index (κ3) is 5.36. The molecule has 0 saturated heterocycles. The van der Waals surface area contributed by atoms with Crippen molar-refractivity contribution in [2.24, 2.45) is 0 Å². The average Bonchev–Trinajstić information content (AvgIpc) is 3.15. The predicted molar refractivity (Wildman–Crippen MR) is 190 cm³/mol. The zero-order valence-electron chi connectivity index (χ0n) is 25.1. The monoisotopic (exact) mass is 587 g/mol. The van der Waals surface area contributed by atoms with Crippen LogP contribution in [0, 0.1) is 0 Å². The van der Waals surface area contributed by atoms with E-state index in [2.05, 4.69) is 133 Å². The topological polar surface area (TPSA) is 38.7 Å². The number of rotatable bonds is 6. The standard InChI is InChI=1S/C43H29N3/c1-4-15-30(16-5-1)36-28-33-21-10-11-25-38(33)40(29-36)34-22-14-23-35(27-34)42-44-41(32-19-8-3-9-20-32)45-43(46-42)39-26-13-12-24-37(39)31-17-6-2-7-18-31/h1-29H. The summed E-state index contributed by atoms with van der Waals surface area (Å²) in [7, 11) is 0. The van der Waals surface area contributed by atoms with Crippen LogP contribution < -0.4 is 0 Å². The Hall–Kier alpha value is -6.19. The first kappa shape index (κ1) is 27.4. The lowest BCUT2D eigenvalue weighted by Crippen LogP contribution is -2.01. The van der Waals surface area contributed by atoms with Gasteiger partial charge in [0.2, 0.25) is 0 Å². The van der Waals surface area contributed by atoms with Gasteiger partial charge in [0, 0.05) is 16.7 Å². The third-order valence-electron chi connectivity index (χ3n) is 8.32. The zero-order chi connectivity index (χ0) is 30.7. The van der Waals surface area contributed by atoms with Gasteiger partial charge in [0.25, 0.3) is 0 Å². The Kier molecular flexibility index (Phi) is 7.18. The van der Waals surface area contributed by atoms with Crippen molar-refractivity contribution in [2.45, 2.75) is 0 Å². The van der Waals surface area contributed by atoms with Gasteiger partial charge in [-0.3, -0.25) is 0 Å². The van der Waals surface area contributed by atoms with Crippen molar-refractivity contribution in [1.29, 1.82) is 0 Å². The number of nitrogens with zero attached hydrogens (tertiary/aromatic N) is 3. The maximum Gasteiger partial charge on any atom is 0.164 e. The molecule has 7 aromatic carbocycles. The smallest absolute Gasteiger partial charge is 0.164 e. The number of hydrogen-bond acceptors (Lipinski definition) is 3. The first-order valence-corrected chi connectivity index (χ1v) is 15.5. The van der Waals surface area contributed by atoms with Crippen LogP contribution in [0.2, 0.25) is 0 Å². The Morgan fingerprint density at radius 3 is 1.52 bits per heavy atom. The van der Waals surface area contributed by atoms with Crippen molar-refractivity contribution >= 4 is 10.8 Å². The van der Waals surface area contributed by atoms with Crippen LogP contribution >= 0.6 is 0 Å². The predicted octanol–water partition coefficient (Wildman–Crippen LogP) is 11.0. The molecule has 216 valence electrons. The molecule has 0 unspecified atom stereocenters. The van der Waals surface area contributed by atoms with E-state index in [1.807, 2.05) is 42.5 Å². The normalized spacial score (nSPS) is 11.0. The van der Waals surface area contributed by atoms with Gasteiger partial charge in [0.1, 0.15) is 0 Å². The summed E-state index contributed by atoms with van der Waals surface area (Å²) in [5, 5.41) is 2.41. The highest BCUT2D eigenvalue weighted by atomic mass is 15.0. The first-order valence-electron chi connectivity index (χ1n) is 15.5. The number of fused-ring (bicyclic) bond motifs is 1. The van der Waals surface area contributed by atoms with Crippen LogP contribution in [-0.4, -0.2) is 15.0 Å². The molecule has 46 heavy (non-hydrogen) atoms. The van der Waals surface area contributed by atoms with Crippen molar-refractivity contribution in [3.63, 3.8) is 0 Å². The molecule has 8 aromatic rings. The van der Waals surface area contributed by atoms with Crippen LogP contribution in [0.5, 0.6) is 0 Å². The van der Waals surface area contributed by atoms with Crippen LogP contribution in [0.1, 0.15) is 0 Å². The quantitative estimate of drug-likeness (QED) is 0.194. The molecule has 1 heterocycles. The summed E-state index contributed by atoms with van der Waals surface area (Å²) in [4.78, 5) is 15.2. The molecular formula is C43H29N3. The molecule has 0 amide bonds. The summed E-state index contributed by atoms with van der Waals surface area (Å²) in [6.45, 7) is 0. The van der Waals surface area contributed by atoms with E-state index >= 15 is 0 Å². The van der Waals surface area contributed by atoms with Crippen LogP contribution in [0.15, 0.2) is 176 Å². The van der Waals surface area contributed by atoms with Crippen molar-refractivity contribution in [3.8, 4) is 67.5 Å². The minimum atomic E-state index is 0.636. The van der Waals surface area contributed by atoms with E-state index in [9.17, 15) is 0 Å². The summed E-state index contributed by atoms with van der Waals surface area (Å²) in [6.07, 6.45) is 0. The number of benzene rings is 7. The number of aromatic nitrogens is 3. The second kappa shape index (κ2) is 12.1. The second-order valence-electron chi connectivity index (χ2n) is 11.3. The molecule has 0 radical (unpaired) electrons. The molecule has 0 spiro atoms. The van der Waals surface area contributed by atoms with Crippen LogP contribution in [0.3, 0.4) is 0 Å². The average molecular weight is 588 g/mol. The molecule has 0 aliphatic carbocycles. The Labute approximate surface area is 268 Å². The molecule has 3 nitrogen and oxygen atoms in total. The van der Waals surface area contributed by atoms with Gasteiger partial charge >= 0.3 is 0 Å². The third-order valence-corrected chi connectivity index (χ3v) is 8.32. The van der Waals surface area contributed by atoms with Crippen LogP contribution in [-0.2, 0) is 0 Å². The minimum Gasteiger partial charge on any atom is -0.208 e. The summed E-state index contributed by atoms with van der Waals surface area (Å²) < 4.78 is 0. The highest BCUT2D eigenvalue weighted by Crippen LogP contribution is 2.37. The van der Waals surface area contributed by atoms with Crippen LogP contribution in [0.25, 0.3) is 78.3 Å². The van der Waals surface area contributed by atoms with Crippen molar-refractivity contribution in [1.82, 2.24) is 15.0 Å². The lowest BCUT2D eigenvalue weighted by atomic mass is 9.92. The zero-order valence-corrected chi connectivity index (χ0v) is 25.1. The molecule has 0 N–H and O–H groups in total. The van der Waals surface area contributed by atoms with Gasteiger partial charge in [-0.05, 0) is 62.4 Å². The lowest BCUT2D eigenvalue weighted by Gasteiger charge is -2.14. The molecule has 0 saturated carbocycles. The summed E-state index contributed by atoms with van der Waals surface area (Å²) >= 11 is 0. The van der Waals surface area contributed by atoms with Gasteiger partial charge in [0.05, 0.1) is 0 Å². The molecule has 0 aliphatic heterocycles. The molecule has 8 rings (SSSR count). The molecule has 0 aliphatic rings. The first-order chi connectivity index (χ1) is 22.8. The molecule has 3 heteroatoms. The maximum absolute atomic E-state index is 5.13. The summed E-state index contributed by atoms with van der Waals surface area (Å²) in [6, 6.07) is 61.1. The SMILES string of the molecule is c1ccc(-c2cc(-c3cccc(-c4nc(-c5ccccc5)nc(-c5ccccc5-c5ccccc5)n4)c3)c3ccccc3c2)cc1. The minimum absolute atomic E-state index is 0.636. The van der Waals surface area contributed by atoms with Crippen molar-refractivity contribution in [2.75, 3.05) is 0 Å². The molecule has 0 atom stereocenters. The van der Waals surface area contributed by atoms with Gasteiger partial charge in [-0.2, -0.15) is 0 Å². The fourth-order valence-electron chi connectivity index (χ4n) is 6.06. The second-order valence-corrected chi connectivity index (χ2v) is 11.3. The fourth-order valence-corrected chi connectivity index (χ4v) is 6.06. The number of hydrogen-bond donors (Lipinski definition) is 0.